The summed E-state index contributed by atoms with van der Waals surface area (Å²) in [6.07, 6.45) is 102. The summed E-state index contributed by atoms with van der Waals surface area (Å²) < 4.78 is 0. The van der Waals surface area contributed by atoms with Gasteiger partial charge in [-0.05, 0) is 51.4 Å². The molecule has 0 aliphatic carbocycles. The van der Waals surface area contributed by atoms with Crippen LogP contribution in [0.4, 0.5) is 0 Å². The van der Waals surface area contributed by atoms with Gasteiger partial charge >= 0.3 is 0 Å². The van der Waals surface area contributed by atoms with E-state index in [0.717, 1.165) is 51.4 Å². The normalized spacial score (nSPS) is 12.9. The maximum Gasteiger partial charge on any atom is 0.220 e. The molecule has 0 spiro atoms. The zero-order valence-corrected chi connectivity index (χ0v) is 55.3. The fourth-order valence-corrected chi connectivity index (χ4v) is 12.0. The van der Waals surface area contributed by atoms with Crippen molar-refractivity contribution in [3.63, 3.8) is 0 Å². The zero-order valence-electron chi connectivity index (χ0n) is 55.3. The van der Waals surface area contributed by atoms with E-state index < -0.39 is 12.1 Å². The van der Waals surface area contributed by atoms with Crippen molar-refractivity contribution in [2.75, 3.05) is 6.61 Å². The molecule has 0 aromatic rings. The third kappa shape index (κ3) is 69.0. The molecule has 0 radical (unpaired) electrons. The Bertz CT molecular complexity index is 1290. The second-order valence-corrected chi connectivity index (χ2v) is 25.7. The van der Waals surface area contributed by atoms with Crippen LogP contribution in [0.2, 0.25) is 0 Å². The fraction of sp³-hybridized carbons (Fsp3) is 0.883. The summed E-state index contributed by atoms with van der Waals surface area (Å²) in [6, 6.07) is -0.537. The van der Waals surface area contributed by atoms with Crippen molar-refractivity contribution in [2.24, 2.45) is 0 Å². The van der Waals surface area contributed by atoms with Gasteiger partial charge in [0.1, 0.15) is 0 Å². The molecule has 0 saturated carbocycles. The van der Waals surface area contributed by atoms with E-state index in [1.807, 2.05) is 0 Å². The smallest absolute Gasteiger partial charge is 0.220 e. The fourth-order valence-electron chi connectivity index (χ4n) is 12.0. The number of allylic oxidation sites excluding steroid dienone is 8. The number of carbonyl (C=O) groups excluding carboxylic acids is 1. The first-order valence-corrected chi connectivity index (χ1v) is 37.3. The molecule has 0 bridgehead atoms. The van der Waals surface area contributed by atoms with Crippen LogP contribution >= 0.6 is 0 Å². The highest BCUT2D eigenvalue weighted by molar-refractivity contribution is 5.76. The number of amides is 1. The van der Waals surface area contributed by atoms with E-state index in [2.05, 4.69) is 67.8 Å². The number of hydrogen-bond acceptors (Lipinski definition) is 3. The van der Waals surface area contributed by atoms with Crippen LogP contribution in [0.25, 0.3) is 0 Å². The molecule has 0 rings (SSSR count). The summed E-state index contributed by atoms with van der Waals surface area (Å²) in [4.78, 5) is 12.6. The Kier molecular flexibility index (Phi) is 71.1. The first-order valence-electron chi connectivity index (χ1n) is 37.3. The van der Waals surface area contributed by atoms with E-state index in [-0.39, 0.29) is 12.5 Å². The monoisotopic (exact) mass is 1130 g/mol. The average Bonchev–Trinajstić information content (AvgIpc) is 3.47. The van der Waals surface area contributed by atoms with Crippen LogP contribution in [0.3, 0.4) is 0 Å². The molecule has 478 valence electrons. The SMILES string of the molecule is CC/C=C\C/C=C\C/C=C\C/C=C\CCCCCCCCCCCCCCCCCCCCCCCCCCC(=O)NC(CO)C(O)CCCCCCCCCCCCCCCCCCCCCCCCCCCCCCCCCC. The molecular formula is C77H147NO3. The van der Waals surface area contributed by atoms with E-state index in [1.54, 1.807) is 0 Å². The molecule has 3 N–H and O–H groups in total. The lowest BCUT2D eigenvalue weighted by Crippen LogP contribution is -2.45. The molecule has 4 nitrogen and oxygen atoms in total. The van der Waals surface area contributed by atoms with Gasteiger partial charge in [-0.15, -0.1) is 0 Å². The van der Waals surface area contributed by atoms with Crippen LogP contribution in [0.15, 0.2) is 48.6 Å². The summed E-state index contributed by atoms with van der Waals surface area (Å²) in [5.41, 5.74) is 0. The van der Waals surface area contributed by atoms with Gasteiger partial charge < -0.3 is 15.5 Å². The molecule has 0 aliphatic rings. The van der Waals surface area contributed by atoms with E-state index in [9.17, 15) is 15.0 Å². The lowest BCUT2D eigenvalue weighted by atomic mass is 10.0. The zero-order chi connectivity index (χ0) is 58.4. The van der Waals surface area contributed by atoms with Crippen molar-refractivity contribution >= 4 is 5.91 Å². The standard InChI is InChI=1S/C77H147NO3/c1-3-5-7-9-11-13-15-17-19-21-23-25-27-29-31-33-35-37-38-39-40-41-43-45-47-49-51-53-55-57-59-61-63-65-67-69-71-73-77(81)78-75(74-79)76(80)72-70-68-66-64-62-60-58-56-54-52-50-48-46-44-42-36-34-32-30-28-26-24-22-20-18-16-14-12-10-8-6-4-2/h5,7,11,13,17,19,23,25,75-76,79-80H,3-4,6,8-10,12,14-16,18,20-22,24,26-74H2,1-2H3,(H,78,81)/b7-5-,13-11-,19-17-,25-23-. The molecule has 1 amide bonds. The third-order valence-corrected chi connectivity index (χ3v) is 17.6. The van der Waals surface area contributed by atoms with Crippen molar-refractivity contribution in [2.45, 2.75) is 431 Å². The van der Waals surface area contributed by atoms with Crippen LogP contribution in [-0.2, 0) is 4.79 Å². The first kappa shape index (κ1) is 79.3. The maximum atomic E-state index is 12.6. The molecule has 0 aromatic carbocycles. The van der Waals surface area contributed by atoms with Gasteiger partial charge in [0.05, 0.1) is 18.8 Å². The topological polar surface area (TPSA) is 69.6 Å². The number of aliphatic hydroxyl groups excluding tert-OH is 2. The molecular weight excluding hydrogens is 987 g/mol. The summed E-state index contributed by atoms with van der Waals surface area (Å²) in [5.74, 6) is -0.0219. The van der Waals surface area contributed by atoms with E-state index in [0.29, 0.717) is 12.8 Å². The van der Waals surface area contributed by atoms with Crippen molar-refractivity contribution in [1.82, 2.24) is 5.32 Å². The number of hydrogen-bond donors (Lipinski definition) is 3. The Balaban J connectivity index is 3.37. The lowest BCUT2D eigenvalue weighted by molar-refractivity contribution is -0.123. The largest absolute Gasteiger partial charge is 0.394 e. The molecule has 81 heavy (non-hydrogen) atoms. The molecule has 0 heterocycles. The predicted octanol–water partition coefficient (Wildman–Crippen LogP) is 25.7. The molecule has 2 atom stereocenters. The summed E-state index contributed by atoms with van der Waals surface area (Å²) in [6.45, 7) is 4.29. The highest BCUT2D eigenvalue weighted by Gasteiger charge is 2.20. The van der Waals surface area contributed by atoms with Crippen molar-refractivity contribution in [1.29, 1.82) is 0 Å². The van der Waals surface area contributed by atoms with Crippen molar-refractivity contribution in [3.05, 3.63) is 48.6 Å². The van der Waals surface area contributed by atoms with Crippen molar-refractivity contribution in [3.8, 4) is 0 Å². The van der Waals surface area contributed by atoms with Gasteiger partial charge in [0.15, 0.2) is 0 Å². The average molecular weight is 1140 g/mol. The van der Waals surface area contributed by atoms with Gasteiger partial charge in [-0.25, -0.2) is 0 Å². The number of aliphatic hydroxyl groups is 2. The first-order chi connectivity index (χ1) is 40.2. The molecule has 4 heteroatoms. The summed E-state index contributed by atoms with van der Waals surface area (Å²) in [7, 11) is 0. The second kappa shape index (κ2) is 72.6. The highest BCUT2D eigenvalue weighted by atomic mass is 16.3. The lowest BCUT2D eigenvalue weighted by Gasteiger charge is -2.22. The minimum absolute atomic E-state index is 0.0219. The Morgan fingerprint density at radius 2 is 0.543 bits per heavy atom. The maximum absolute atomic E-state index is 12.6. The summed E-state index contributed by atoms with van der Waals surface area (Å²) >= 11 is 0. The van der Waals surface area contributed by atoms with Gasteiger partial charge in [0.25, 0.3) is 0 Å². The van der Waals surface area contributed by atoms with Crippen molar-refractivity contribution < 1.29 is 15.0 Å². The Labute approximate surface area is 509 Å². The Morgan fingerprint density at radius 3 is 0.815 bits per heavy atom. The number of nitrogens with one attached hydrogen (secondary N) is 1. The summed E-state index contributed by atoms with van der Waals surface area (Å²) in [5, 5.41) is 23.5. The quantitative estimate of drug-likeness (QED) is 0.0420. The van der Waals surface area contributed by atoms with Crippen LogP contribution < -0.4 is 5.32 Å². The second-order valence-electron chi connectivity index (χ2n) is 25.7. The molecule has 0 aromatic heterocycles. The predicted molar refractivity (Wildman–Crippen MR) is 364 cm³/mol. The van der Waals surface area contributed by atoms with Gasteiger partial charge in [-0.2, -0.15) is 0 Å². The van der Waals surface area contributed by atoms with E-state index >= 15 is 0 Å². The van der Waals surface area contributed by atoms with Crippen LogP contribution in [0, 0.1) is 0 Å². The van der Waals surface area contributed by atoms with E-state index in [1.165, 1.54) is 340 Å². The molecule has 0 fully saturated rings. The molecule has 0 aliphatic heterocycles. The van der Waals surface area contributed by atoms with Gasteiger partial charge in [0, 0.05) is 6.42 Å². The third-order valence-electron chi connectivity index (χ3n) is 17.6. The number of unbranched alkanes of at least 4 members (excludes halogenated alkanes) is 55. The van der Waals surface area contributed by atoms with Crippen LogP contribution in [-0.4, -0.2) is 34.9 Å². The van der Waals surface area contributed by atoms with E-state index in [4.69, 9.17) is 0 Å². The van der Waals surface area contributed by atoms with Gasteiger partial charge in [-0.1, -0.05) is 409 Å². The van der Waals surface area contributed by atoms with Crippen LogP contribution in [0.1, 0.15) is 418 Å². The minimum atomic E-state index is -0.660. The number of rotatable bonds is 70. The Hall–Kier alpha value is -1.65. The van der Waals surface area contributed by atoms with Crippen LogP contribution in [0.5, 0.6) is 0 Å². The Morgan fingerprint density at radius 1 is 0.309 bits per heavy atom. The molecule has 2 unspecified atom stereocenters. The van der Waals surface area contributed by atoms with Gasteiger partial charge in [0.2, 0.25) is 5.91 Å². The minimum Gasteiger partial charge on any atom is -0.394 e. The molecule has 0 saturated heterocycles. The number of carbonyl (C=O) groups is 1. The van der Waals surface area contributed by atoms with Gasteiger partial charge in [-0.3, -0.25) is 4.79 Å². The highest BCUT2D eigenvalue weighted by Crippen LogP contribution is 2.20.